The Kier molecular flexibility index (Phi) is 6.39. The summed E-state index contributed by atoms with van der Waals surface area (Å²) in [5.41, 5.74) is 1.17. The standard InChI is InChI=1S/C23H18ClF3N4OS2/c24-16-3-1-14(18(11-16)23(25,26)27)10-17(13-2-4-19-15(9-13)12-28-30-19)20-21(32)29-22(34-20)31-5-7-33-8-6-31/h1-4,9,11-12H,5-8,10H2,(H,28,30). The van der Waals surface area contributed by atoms with Crippen LogP contribution in [0.25, 0.3) is 16.5 Å². The van der Waals surface area contributed by atoms with Crippen LogP contribution in [0.5, 0.6) is 0 Å². The summed E-state index contributed by atoms with van der Waals surface area (Å²) in [6, 6.07) is 9.15. The van der Waals surface area contributed by atoms with Crippen LogP contribution >= 0.6 is 35.1 Å². The fourth-order valence-electron chi connectivity index (χ4n) is 3.98. The number of aliphatic imine (C=N–C) groups is 1. The molecule has 1 N–H and O–H groups in total. The van der Waals surface area contributed by atoms with E-state index in [1.165, 1.54) is 23.9 Å². The van der Waals surface area contributed by atoms with Crippen LogP contribution in [-0.4, -0.2) is 50.8 Å². The molecular formula is C23H18ClF3N4OS2. The summed E-state index contributed by atoms with van der Waals surface area (Å²) in [4.78, 5) is 19.7. The van der Waals surface area contributed by atoms with E-state index in [4.69, 9.17) is 11.6 Å². The monoisotopic (exact) mass is 522 g/mol. The quantitative estimate of drug-likeness (QED) is 0.436. The molecular weight excluding hydrogens is 505 g/mol. The molecule has 0 atom stereocenters. The second-order valence-corrected chi connectivity index (χ2v) is 10.5. The molecule has 3 aromatic rings. The van der Waals surface area contributed by atoms with Crippen LogP contribution in [0.2, 0.25) is 5.02 Å². The van der Waals surface area contributed by atoms with Gasteiger partial charge in [0, 0.05) is 35.0 Å². The summed E-state index contributed by atoms with van der Waals surface area (Å²) in [5, 5.41) is 8.29. The van der Waals surface area contributed by atoms with Gasteiger partial charge in [-0.3, -0.25) is 9.89 Å². The van der Waals surface area contributed by atoms with Crippen molar-refractivity contribution >= 4 is 62.7 Å². The van der Waals surface area contributed by atoms with Crippen molar-refractivity contribution < 1.29 is 18.0 Å². The van der Waals surface area contributed by atoms with Gasteiger partial charge in [-0.1, -0.05) is 23.7 Å². The number of nitrogens with one attached hydrogen (secondary N) is 1. The Balaban J connectivity index is 1.60. The molecule has 1 amide bonds. The molecule has 2 aliphatic heterocycles. The lowest BCUT2D eigenvalue weighted by atomic mass is 9.93. The molecule has 1 saturated heterocycles. The lowest BCUT2D eigenvalue weighted by molar-refractivity contribution is -0.138. The maximum atomic E-state index is 13.8. The summed E-state index contributed by atoms with van der Waals surface area (Å²) in [5.74, 6) is 1.45. The molecule has 0 bridgehead atoms. The van der Waals surface area contributed by atoms with Gasteiger partial charge in [-0.2, -0.15) is 35.0 Å². The van der Waals surface area contributed by atoms with E-state index in [-0.39, 0.29) is 17.0 Å². The van der Waals surface area contributed by atoms with Gasteiger partial charge >= 0.3 is 6.18 Å². The number of amides is 1. The Hall–Kier alpha value is -2.43. The van der Waals surface area contributed by atoms with Crippen LogP contribution in [0.15, 0.2) is 52.5 Å². The van der Waals surface area contributed by atoms with E-state index in [9.17, 15) is 18.0 Å². The van der Waals surface area contributed by atoms with Gasteiger partial charge in [0.15, 0.2) is 5.17 Å². The summed E-state index contributed by atoms with van der Waals surface area (Å²) in [7, 11) is 0. The Bertz CT molecular complexity index is 1330. The smallest absolute Gasteiger partial charge is 0.349 e. The Morgan fingerprint density at radius 2 is 1.94 bits per heavy atom. The molecule has 0 aliphatic carbocycles. The lowest BCUT2D eigenvalue weighted by Crippen LogP contribution is -2.35. The SMILES string of the molecule is O=C1N=C(N2CCSCC2)SC1=C(Cc1ccc(Cl)cc1C(F)(F)F)c1ccc2[nH]ncc2c1. The highest BCUT2D eigenvalue weighted by Crippen LogP contribution is 2.40. The van der Waals surface area contributed by atoms with E-state index in [0.29, 0.717) is 21.2 Å². The van der Waals surface area contributed by atoms with E-state index in [1.807, 2.05) is 17.8 Å². The first-order chi connectivity index (χ1) is 16.3. The molecule has 0 spiro atoms. The summed E-state index contributed by atoms with van der Waals surface area (Å²) in [6.07, 6.45) is -3.03. The minimum atomic E-state index is -4.58. The van der Waals surface area contributed by atoms with Gasteiger partial charge < -0.3 is 4.90 Å². The molecule has 1 fully saturated rings. The first kappa shape index (κ1) is 23.3. The minimum Gasteiger partial charge on any atom is -0.349 e. The number of allylic oxidation sites excluding steroid dienone is 1. The molecule has 5 rings (SSSR count). The predicted octanol–water partition coefficient (Wildman–Crippen LogP) is 5.87. The van der Waals surface area contributed by atoms with Gasteiger partial charge in [-0.25, -0.2) is 0 Å². The van der Waals surface area contributed by atoms with Gasteiger partial charge in [-0.05, 0) is 59.1 Å². The van der Waals surface area contributed by atoms with E-state index in [0.717, 1.165) is 41.6 Å². The van der Waals surface area contributed by atoms with Crippen molar-refractivity contribution in [2.75, 3.05) is 24.6 Å². The first-order valence-corrected chi connectivity index (χ1v) is 12.8. The van der Waals surface area contributed by atoms with E-state index >= 15 is 0 Å². The zero-order valence-electron chi connectivity index (χ0n) is 17.7. The number of amidine groups is 1. The summed E-state index contributed by atoms with van der Waals surface area (Å²) < 4.78 is 41.4. The third-order valence-electron chi connectivity index (χ3n) is 5.67. The van der Waals surface area contributed by atoms with Crippen molar-refractivity contribution in [3.63, 3.8) is 0 Å². The second kappa shape index (κ2) is 9.31. The van der Waals surface area contributed by atoms with Crippen molar-refractivity contribution in [1.82, 2.24) is 15.1 Å². The van der Waals surface area contributed by atoms with Crippen molar-refractivity contribution in [1.29, 1.82) is 0 Å². The molecule has 34 heavy (non-hydrogen) atoms. The zero-order valence-corrected chi connectivity index (χ0v) is 20.0. The molecule has 0 unspecified atom stereocenters. The van der Waals surface area contributed by atoms with Crippen LogP contribution in [0.4, 0.5) is 13.2 Å². The highest BCUT2D eigenvalue weighted by Gasteiger charge is 2.35. The molecule has 3 heterocycles. The maximum absolute atomic E-state index is 13.8. The highest BCUT2D eigenvalue weighted by atomic mass is 35.5. The Morgan fingerprint density at radius 1 is 1.15 bits per heavy atom. The van der Waals surface area contributed by atoms with E-state index in [1.54, 1.807) is 18.3 Å². The third-order valence-corrected chi connectivity index (χ3v) is 8.01. The average molecular weight is 523 g/mol. The van der Waals surface area contributed by atoms with Crippen LogP contribution in [0.3, 0.4) is 0 Å². The third kappa shape index (κ3) is 4.71. The number of H-pyrrole nitrogens is 1. The fourth-order valence-corrected chi connectivity index (χ4v) is 6.12. The number of benzene rings is 2. The highest BCUT2D eigenvalue weighted by molar-refractivity contribution is 8.18. The van der Waals surface area contributed by atoms with Gasteiger partial charge in [0.25, 0.3) is 5.91 Å². The minimum absolute atomic E-state index is 0.00463. The van der Waals surface area contributed by atoms with Crippen molar-refractivity contribution in [2.24, 2.45) is 4.99 Å². The molecule has 1 aromatic heterocycles. The van der Waals surface area contributed by atoms with Crippen molar-refractivity contribution in [3.8, 4) is 0 Å². The molecule has 11 heteroatoms. The molecule has 176 valence electrons. The molecule has 2 aliphatic rings. The second-order valence-electron chi connectivity index (χ2n) is 7.86. The molecule has 0 radical (unpaired) electrons. The Morgan fingerprint density at radius 3 is 2.71 bits per heavy atom. The number of thioether (sulfide) groups is 2. The number of carbonyl (C=O) groups is 1. The molecule has 2 aromatic carbocycles. The number of hydrogen-bond acceptors (Lipinski definition) is 5. The fraction of sp³-hybridized carbons (Fsp3) is 0.261. The van der Waals surface area contributed by atoms with Gasteiger partial charge in [0.2, 0.25) is 0 Å². The Labute approximate surface area is 206 Å². The molecule has 5 nitrogen and oxygen atoms in total. The number of aromatic amines is 1. The van der Waals surface area contributed by atoms with Crippen LogP contribution < -0.4 is 0 Å². The number of aromatic nitrogens is 2. The summed E-state index contributed by atoms with van der Waals surface area (Å²) >= 11 is 8.96. The van der Waals surface area contributed by atoms with E-state index in [2.05, 4.69) is 20.1 Å². The van der Waals surface area contributed by atoms with Crippen molar-refractivity contribution in [2.45, 2.75) is 12.6 Å². The number of alkyl halides is 3. The number of fused-ring (bicyclic) bond motifs is 1. The number of nitrogens with zero attached hydrogens (tertiary/aromatic N) is 3. The predicted molar refractivity (Wildman–Crippen MR) is 132 cm³/mol. The van der Waals surface area contributed by atoms with Gasteiger partial charge in [0.05, 0.1) is 22.2 Å². The average Bonchev–Trinajstić information content (AvgIpc) is 3.44. The van der Waals surface area contributed by atoms with Crippen LogP contribution in [-0.2, 0) is 17.4 Å². The number of halogens is 4. The largest absolute Gasteiger partial charge is 0.416 e. The summed E-state index contributed by atoms with van der Waals surface area (Å²) in [6.45, 7) is 1.56. The molecule has 0 saturated carbocycles. The van der Waals surface area contributed by atoms with Crippen LogP contribution in [0.1, 0.15) is 16.7 Å². The lowest BCUT2D eigenvalue weighted by Gasteiger charge is -2.27. The normalized spacial score (nSPS) is 18.5. The van der Waals surface area contributed by atoms with E-state index < -0.39 is 17.6 Å². The van der Waals surface area contributed by atoms with Gasteiger partial charge in [-0.15, -0.1) is 0 Å². The van der Waals surface area contributed by atoms with Crippen LogP contribution in [0, 0.1) is 0 Å². The van der Waals surface area contributed by atoms with Gasteiger partial charge in [0.1, 0.15) is 0 Å². The number of hydrogen-bond donors (Lipinski definition) is 1. The van der Waals surface area contributed by atoms with Crippen molar-refractivity contribution in [3.05, 3.63) is 69.2 Å². The topological polar surface area (TPSA) is 61.4 Å². The first-order valence-electron chi connectivity index (χ1n) is 10.5. The zero-order chi connectivity index (χ0) is 23.9. The number of rotatable bonds is 3. The maximum Gasteiger partial charge on any atom is 0.416 e. The number of carbonyl (C=O) groups excluding carboxylic acids is 1.